The number of fused-ring (bicyclic) bond motifs is 1. The predicted molar refractivity (Wildman–Crippen MR) is 100 cm³/mol. The molecule has 2 amide bonds. The van der Waals surface area contributed by atoms with E-state index in [9.17, 15) is 9.59 Å². The fraction of sp³-hybridized carbons (Fsp3) is 0.286. The minimum Gasteiger partial charge on any atom is -0.337 e. The lowest BCUT2D eigenvalue weighted by Crippen LogP contribution is -2.53. The van der Waals surface area contributed by atoms with Crippen LogP contribution in [0.25, 0.3) is 0 Å². The highest BCUT2D eigenvalue weighted by Gasteiger charge is 2.35. The van der Waals surface area contributed by atoms with Crippen LogP contribution in [0.5, 0.6) is 0 Å². The van der Waals surface area contributed by atoms with Gasteiger partial charge in [0.15, 0.2) is 0 Å². The normalized spacial score (nSPS) is 15.9. The van der Waals surface area contributed by atoms with Gasteiger partial charge in [0, 0.05) is 38.4 Å². The molecule has 0 unspecified atom stereocenters. The Morgan fingerprint density at radius 1 is 1.23 bits per heavy atom. The molecule has 0 saturated heterocycles. The summed E-state index contributed by atoms with van der Waals surface area (Å²) in [4.78, 5) is 33.1. The van der Waals surface area contributed by atoms with Gasteiger partial charge in [0.05, 0.1) is 0 Å². The molecular formula is C21H23N3O2. The average Bonchev–Trinajstić information content (AvgIpc) is 2.70. The number of likely N-dealkylation sites (N-methyl/N-ethyl adjacent to an activating group) is 1. The molecule has 0 saturated carbocycles. The number of nitrogens with zero attached hydrogens (tertiary/aromatic N) is 3. The summed E-state index contributed by atoms with van der Waals surface area (Å²) in [6, 6.07) is 11.3. The van der Waals surface area contributed by atoms with Gasteiger partial charge in [0.25, 0.3) is 0 Å². The maximum atomic E-state index is 13.3. The van der Waals surface area contributed by atoms with E-state index in [0.717, 1.165) is 16.7 Å². The predicted octanol–water partition coefficient (Wildman–Crippen LogP) is 2.57. The smallest absolute Gasteiger partial charge is 0.246 e. The first-order valence-electron chi connectivity index (χ1n) is 8.81. The SMILES string of the molecule is C=CC(=O)N1Cc2ccccc2C[C@H]1C(=O)N(CC)Cc1ccncc1. The van der Waals surface area contributed by atoms with E-state index < -0.39 is 6.04 Å². The Hall–Kier alpha value is -2.95. The molecule has 1 aliphatic heterocycles. The van der Waals surface area contributed by atoms with Crippen LogP contribution >= 0.6 is 0 Å². The number of benzene rings is 1. The van der Waals surface area contributed by atoms with Crippen LogP contribution in [0.4, 0.5) is 0 Å². The van der Waals surface area contributed by atoms with Gasteiger partial charge in [-0.05, 0) is 41.8 Å². The van der Waals surface area contributed by atoms with Crippen LogP contribution in [-0.4, -0.2) is 39.2 Å². The Balaban J connectivity index is 1.86. The van der Waals surface area contributed by atoms with Crippen LogP contribution in [0, 0.1) is 0 Å². The minimum absolute atomic E-state index is 0.0333. The van der Waals surface area contributed by atoms with Gasteiger partial charge in [0.1, 0.15) is 6.04 Å². The highest BCUT2D eigenvalue weighted by atomic mass is 16.2. The van der Waals surface area contributed by atoms with Crippen molar-refractivity contribution in [1.29, 1.82) is 0 Å². The van der Waals surface area contributed by atoms with Crippen molar-refractivity contribution in [1.82, 2.24) is 14.8 Å². The number of amides is 2. The molecule has 2 heterocycles. The van der Waals surface area contributed by atoms with Crippen molar-refractivity contribution in [3.05, 3.63) is 78.1 Å². The van der Waals surface area contributed by atoms with Crippen LogP contribution in [0.3, 0.4) is 0 Å². The van der Waals surface area contributed by atoms with Crippen molar-refractivity contribution in [3.63, 3.8) is 0 Å². The van der Waals surface area contributed by atoms with Gasteiger partial charge in [-0.2, -0.15) is 0 Å². The first-order chi connectivity index (χ1) is 12.6. The molecule has 1 aromatic heterocycles. The van der Waals surface area contributed by atoms with Crippen molar-refractivity contribution in [2.75, 3.05) is 6.54 Å². The summed E-state index contributed by atoms with van der Waals surface area (Å²) in [5.74, 6) is -0.244. The quantitative estimate of drug-likeness (QED) is 0.780. The lowest BCUT2D eigenvalue weighted by molar-refractivity contribution is -0.145. The number of pyridine rings is 1. The Bertz CT molecular complexity index is 804. The summed E-state index contributed by atoms with van der Waals surface area (Å²) in [6.45, 7) is 7.07. The topological polar surface area (TPSA) is 53.5 Å². The largest absolute Gasteiger partial charge is 0.337 e. The minimum atomic E-state index is -0.503. The number of aromatic nitrogens is 1. The van der Waals surface area contributed by atoms with E-state index in [0.29, 0.717) is 26.1 Å². The lowest BCUT2D eigenvalue weighted by atomic mass is 9.93. The van der Waals surface area contributed by atoms with Gasteiger partial charge in [-0.1, -0.05) is 30.8 Å². The van der Waals surface area contributed by atoms with Crippen molar-refractivity contribution in [3.8, 4) is 0 Å². The van der Waals surface area contributed by atoms with E-state index in [1.807, 2.05) is 43.3 Å². The summed E-state index contributed by atoms with van der Waals surface area (Å²) in [6.07, 6.45) is 5.25. The summed E-state index contributed by atoms with van der Waals surface area (Å²) in [5, 5.41) is 0. The van der Waals surface area contributed by atoms with Crippen LogP contribution in [-0.2, 0) is 29.1 Å². The molecule has 1 aliphatic rings. The summed E-state index contributed by atoms with van der Waals surface area (Å²) >= 11 is 0. The maximum absolute atomic E-state index is 13.3. The molecule has 0 bridgehead atoms. The third-order valence-electron chi connectivity index (χ3n) is 4.81. The van der Waals surface area contributed by atoms with Gasteiger partial charge in [0.2, 0.25) is 11.8 Å². The summed E-state index contributed by atoms with van der Waals surface area (Å²) < 4.78 is 0. The van der Waals surface area contributed by atoms with Gasteiger partial charge >= 0.3 is 0 Å². The fourth-order valence-electron chi connectivity index (χ4n) is 3.36. The van der Waals surface area contributed by atoms with Crippen LogP contribution in [0.1, 0.15) is 23.6 Å². The first kappa shape index (κ1) is 17.9. The Kier molecular flexibility index (Phi) is 5.46. The molecule has 5 nitrogen and oxygen atoms in total. The second kappa shape index (κ2) is 7.95. The van der Waals surface area contributed by atoms with Crippen molar-refractivity contribution in [2.45, 2.75) is 32.5 Å². The lowest BCUT2D eigenvalue weighted by Gasteiger charge is -2.38. The van der Waals surface area contributed by atoms with Gasteiger partial charge < -0.3 is 9.80 Å². The second-order valence-corrected chi connectivity index (χ2v) is 6.37. The second-order valence-electron chi connectivity index (χ2n) is 6.37. The molecule has 1 atom stereocenters. The van der Waals surface area contributed by atoms with Gasteiger partial charge in [-0.25, -0.2) is 0 Å². The third kappa shape index (κ3) is 3.67. The monoisotopic (exact) mass is 349 g/mol. The van der Waals surface area contributed by atoms with Crippen LogP contribution < -0.4 is 0 Å². The van der Waals surface area contributed by atoms with Crippen LogP contribution in [0.15, 0.2) is 61.4 Å². The molecule has 5 heteroatoms. The van der Waals surface area contributed by atoms with E-state index >= 15 is 0 Å². The number of hydrogen-bond acceptors (Lipinski definition) is 3. The number of carbonyl (C=O) groups is 2. The standard InChI is InChI=1S/C21H23N3O2/c1-3-20(25)24-15-18-8-6-5-7-17(18)13-19(24)21(26)23(4-2)14-16-9-11-22-12-10-16/h3,5-12,19H,1,4,13-15H2,2H3/t19-/m0/s1. The van der Waals surface area contributed by atoms with Crippen molar-refractivity contribution in [2.24, 2.45) is 0 Å². The van der Waals surface area contributed by atoms with Crippen molar-refractivity contribution < 1.29 is 9.59 Å². The Morgan fingerprint density at radius 3 is 2.58 bits per heavy atom. The Morgan fingerprint density at radius 2 is 1.92 bits per heavy atom. The van der Waals surface area contributed by atoms with E-state index in [1.54, 1.807) is 22.2 Å². The molecule has 134 valence electrons. The zero-order valence-electron chi connectivity index (χ0n) is 15.0. The fourth-order valence-corrected chi connectivity index (χ4v) is 3.36. The molecule has 0 N–H and O–H groups in total. The molecule has 0 fully saturated rings. The first-order valence-corrected chi connectivity index (χ1v) is 8.81. The third-order valence-corrected chi connectivity index (χ3v) is 4.81. The van der Waals surface area contributed by atoms with Crippen LogP contribution in [0.2, 0.25) is 0 Å². The number of hydrogen-bond donors (Lipinski definition) is 0. The average molecular weight is 349 g/mol. The molecule has 0 radical (unpaired) electrons. The number of rotatable bonds is 5. The molecule has 0 spiro atoms. The molecule has 3 rings (SSSR count). The molecule has 0 aliphatic carbocycles. The van der Waals surface area contributed by atoms with E-state index in [2.05, 4.69) is 11.6 Å². The zero-order chi connectivity index (χ0) is 18.5. The van der Waals surface area contributed by atoms with Crippen molar-refractivity contribution >= 4 is 11.8 Å². The molecule has 26 heavy (non-hydrogen) atoms. The van der Waals surface area contributed by atoms with E-state index in [4.69, 9.17) is 0 Å². The molecular weight excluding hydrogens is 326 g/mol. The maximum Gasteiger partial charge on any atom is 0.246 e. The highest BCUT2D eigenvalue weighted by Crippen LogP contribution is 2.25. The summed E-state index contributed by atoms with van der Waals surface area (Å²) in [5.41, 5.74) is 3.23. The molecule has 2 aromatic rings. The van der Waals surface area contributed by atoms with E-state index in [1.165, 1.54) is 6.08 Å². The molecule has 1 aromatic carbocycles. The van der Waals surface area contributed by atoms with Gasteiger partial charge in [-0.15, -0.1) is 0 Å². The zero-order valence-corrected chi connectivity index (χ0v) is 15.0. The highest BCUT2D eigenvalue weighted by molar-refractivity contribution is 5.93. The Labute approximate surface area is 154 Å². The van der Waals surface area contributed by atoms with Gasteiger partial charge in [-0.3, -0.25) is 14.6 Å². The summed E-state index contributed by atoms with van der Waals surface area (Å²) in [7, 11) is 0. The number of carbonyl (C=O) groups excluding carboxylic acids is 2. The van der Waals surface area contributed by atoms with E-state index in [-0.39, 0.29) is 11.8 Å².